The van der Waals surface area contributed by atoms with Crippen molar-refractivity contribution in [1.29, 1.82) is 0 Å². The number of hydrogen-bond donors (Lipinski definition) is 2. The highest BCUT2D eigenvalue weighted by Gasteiger charge is 2.43. The monoisotopic (exact) mass is 242 g/mol. The fraction of sp³-hybridized carbons (Fsp3) is 0.400. The normalized spacial score (nSPS) is 18.7. The predicted octanol–water partition coefficient (Wildman–Crippen LogP) is 1.92. The molecule has 0 aromatic heterocycles. The van der Waals surface area contributed by atoms with Crippen molar-refractivity contribution in [3.63, 3.8) is 0 Å². The first-order valence-corrected chi connectivity index (χ1v) is 5.07. The van der Waals surface area contributed by atoms with E-state index in [1.54, 1.807) is 0 Å². The van der Waals surface area contributed by atoms with Gasteiger partial charge < -0.3 is 10.2 Å². The summed E-state index contributed by atoms with van der Waals surface area (Å²) >= 11 is 3.35. The molecule has 2 N–H and O–H groups in total. The largest absolute Gasteiger partial charge is 0.392 e. The summed E-state index contributed by atoms with van der Waals surface area (Å²) in [6, 6.07) is 5.61. The minimum atomic E-state index is -0.665. The molecule has 3 heteroatoms. The number of aliphatic hydroxyl groups is 2. The summed E-state index contributed by atoms with van der Waals surface area (Å²) in [5.74, 6) is 0. The number of benzene rings is 1. The van der Waals surface area contributed by atoms with Crippen LogP contribution in [-0.4, -0.2) is 10.2 Å². The molecule has 0 amide bonds. The molecular weight excluding hydrogens is 232 g/mol. The van der Waals surface area contributed by atoms with Gasteiger partial charge in [0.2, 0.25) is 0 Å². The van der Waals surface area contributed by atoms with Crippen molar-refractivity contribution in [2.75, 3.05) is 0 Å². The smallest absolute Gasteiger partial charge is 0.0902 e. The maximum Gasteiger partial charge on any atom is 0.0902 e. The second kappa shape index (κ2) is 3.08. The Morgan fingerprint density at radius 1 is 1.38 bits per heavy atom. The first-order valence-electron chi connectivity index (χ1n) is 4.28. The van der Waals surface area contributed by atoms with Gasteiger partial charge in [0.1, 0.15) is 0 Å². The van der Waals surface area contributed by atoms with Gasteiger partial charge in [0.25, 0.3) is 0 Å². The zero-order valence-electron chi connectivity index (χ0n) is 7.13. The van der Waals surface area contributed by atoms with E-state index in [-0.39, 0.29) is 6.61 Å². The van der Waals surface area contributed by atoms with Crippen molar-refractivity contribution in [3.8, 4) is 0 Å². The lowest BCUT2D eigenvalue weighted by atomic mass is 10.0. The highest BCUT2D eigenvalue weighted by molar-refractivity contribution is 9.10. The number of aliphatic hydroxyl groups excluding tert-OH is 1. The number of halogens is 1. The van der Waals surface area contributed by atoms with Crippen molar-refractivity contribution in [2.24, 2.45) is 0 Å². The van der Waals surface area contributed by atoms with Gasteiger partial charge >= 0.3 is 0 Å². The van der Waals surface area contributed by atoms with Crippen LogP contribution in [0.4, 0.5) is 0 Å². The van der Waals surface area contributed by atoms with Crippen LogP contribution in [0.15, 0.2) is 22.7 Å². The molecule has 0 aliphatic heterocycles. The summed E-state index contributed by atoms with van der Waals surface area (Å²) < 4.78 is 0.944. The van der Waals surface area contributed by atoms with E-state index in [2.05, 4.69) is 15.9 Å². The van der Waals surface area contributed by atoms with E-state index in [4.69, 9.17) is 5.11 Å². The third-order valence-electron chi connectivity index (χ3n) is 2.47. The molecular formula is C10H11BrO2. The Labute approximate surface area is 85.3 Å². The van der Waals surface area contributed by atoms with E-state index in [9.17, 15) is 5.11 Å². The summed E-state index contributed by atoms with van der Waals surface area (Å²) in [6.45, 7) is -0.00900. The Morgan fingerprint density at radius 2 is 2.08 bits per heavy atom. The van der Waals surface area contributed by atoms with Crippen LogP contribution in [0.25, 0.3) is 0 Å². The van der Waals surface area contributed by atoms with E-state index >= 15 is 0 Å². The molecule has 0 radical (unpaired) electrons. The summed E-state index contributed by atoms with van der Waals surface area (Å²) in [5, 5.41) is 19.0. The molecule has 0 atom stereocenters. The maximum absolute atomic E-state index is 9.90. The topological polar surface area (TPSA) is 40.5 Å². The number of hydrogen-bond acceptors (Lipinski definition) is 2. The fourth-order valence-corrected chi connectivity index (χ4v) is 1.87. The molecule has 1 aliphatic carbocycles. The lowest BCUT2D eigenvalue weighted by Gasteiger charge is -2.13. The standard InChI is InChI=1S/C10H11BrO2/c11-8-2-1-7(6-12)9(5-8)10(13)3-4-10/h1-2,5,12-13H,3-4,6H2. The SMILES string of the molecule is OCc1ccc(Br)cc1C1(O)CC1. The van der Waals surface area contributed by atoms with Crippen molar-refractivity contribution in [3.05, 3.63) is 33.8 Å². The predicted molar refractivity (Wildman–Crippen MR) is 53.2 cm³/mol. The van der Waals surface area contributed by atoms with Crippen LogP contribution in [0.5, 0.6) is 0 Å². The molecule has 1 aromatic carbocycles. The van der Waals surface area contributed by atoms with E-state index in [0.29, 0.717) is 0 Å². The second-order valence-electron chi connectivity index (χ2n) is 3.49. The van der Waals surface area contributed by atoms with Crippen LogP contribution in [0.2, 0.25) is 0 Å². The molecule has 13 heavy (non-hydrogen) atoms. The van der Waals surface area contributed by atoms with Crippen LogP contribution >= 0.6 is 15.9 Å². The average molecular weight is 243 g/mol. The van der Waals surface area contributed by atoms with Crippen LogP contribution in [0.3, 0.4) is 0 Å². The minimum absolute atomic E-state index is 0.00900. The third-order valence-corrected chi connectivity index (χ3v) is 2.96. The Kier molecular flexibility index (Phi) is 2.18. The molecule has 1 fully saturated rings. The van der Waals surface area contributed by atoms with E-state index in [1.807, 2.05) is 18.2 Å². The molecule has 0 spiro atoms. The second-order valence-corrected chi connectivity index (χ2v) is 4.41. The van der Waals surface area contributed by atoms with Crippen LogP contribution in [0, 0.1) is 0 Å². The van der Waals surface area contributed by atoms with Gasteiger partial charge in [-0.3, -0.25) is 0 Å². The molecule has 0 heterocycles. The average Bonchev–Trinajstić information content (AvgIpc) is 2.85. The van der Waals surface area contributed by atoms with Gasteiger partial charge in [0.15, 0.2) is 0 Å². The molecule has 1 saturated carbocycles. The van der Waals surface area contributed by atoms with Gasteiger partial charge in [-0.1, -0.05) is 22.0 Å². The van der Waals surface area contributed by atoms with E-state index < -0.39 is 5.60 Å². The Balaban J connectivity index is 2.47. The van der Waals surface area contributed by atoms with Crippen LogP contribution in [0.1, 0.15) is 24.0 Å². The molecule has 1 aromatic rings. The minimum Gasteiger partial charge on any atom is -0.392 e. The maximum atomic E-state index is 9.90. The summed E-state index contributed by atoms with van der Waals surface area (Å²) in [7, 11) is 0. The zero-order chi connectivity index (χ0) is 9.47. The fourth-order valence-electron chi connectivity index (χ4n) is 1.51. The van der Waals surface area contributed by atoms with Gasteiger partial charge in [0, 0.05) is 4.47 Å². The first-order chi connectivity index (χ1) is 6.15. The Hall–Kier alpha value is -0.380. The van der Waals surface area contributed by atoms with Crippen LogP contribution < -0.4 is 0 Å². The first kappa shape index (κ1) is 9.19. The zero-order valence-corrected chi connectivity index (χ0v) is 8.71. The van der Waals surface area contributed by atoms with Crippen molar-refractivity contribution in [1.82, 2.24) is 0 Å². The van der Waals surface area contributed by atoms with Gasteiger partial charge in [-0.25, -0.2) is 0 Å². The van der Waals surface area contributed by atoms with E-state index in [0.717, 1.165) is 28.4 Å². The quantitative estimate of drug-likeness (QED) is 0.833. The Morgan fingerprint density at radius 3 is 2.62 bits per heavy atom. The Bertz CT molecular complexity index is 332. The van der Waals surface area contributed by atoms with Gasteiger partial charge in [-0.15, -0.1) is 0 Å². The molecule has 0 bridgehead atoms. The van der Waals surface area contributed by atoms with Crippen LogP contribution in [-0.2, 0) is 12.2 Å². The lowest BCUT2D eigenvalue weighted by molar-refractivity contribution is 0.147. The summed E-state index contributed by atoms with van der Waals surface area (Å²) in [5.41, 5.74) is 1.02. The van der Waals surface area contributed by atoms with Crippen molar-refractivity contribution in [2.45, 2.75) is 25.0 Å². The van der Waals surface area contributed by atoms with Gasteiger partial charge in [-0.05, 0) is 36.1 Å². The lowest BCUT2D eigenvalue weighted by Crippen LogP contribution is -2.08. The summed E-state index contributed by atoms with van der Waals surface area (Å²) in [6.07, 6.45) is 1.60. The summed E-state index contributed by atoms with van der Waals surface area (Å²) in [4.78, 5) is 0. The van der Waals surface area contributed by atoms with Gasteiger partial charge in [-0.2, -0.15) is 0 Å². The molecule has 1 aliphatic rings. The molecule has 2 rings (SSSR count). The highest BCUT2D eigenvalue weighted by atomic mass is 79.9. The molecule has 0 unspecified atom stereocenters. The van der Waals surface area contributed by atoms with Crippen molar-refractivity contribution >= 4 is 15.9 Å². The molecule has 70 valence electrons. The highest BCUT2D eigenvalue weighted by Crippen LogP contribution is 2.47. The number of rotatable bonds is 2. The molecule has 0 saturated heterocycles. The van der Waals surface area contributed by atoms with Gasteiger partial charge in [0.05, 0.1) is 12.2 Å². The third kappa shape index (κ3) is 1.64. The van der Waals surface area contributed by atoms with E-state index in [1.165, 1.54) is 0 Å². The van der Waals surface area contributed by atoms with Crippen molar-refractivity contribution < 1.29 is 10.2 Å². The molecule has 2 nitrogen and oxygen atoms in total.